The standard InChI is InChI=1S/C19H30N2O2S2/c1-13(2)10-17(25-12-14(3)24)19(23)21-16(18(22)20-4)11-15-8-6-5-7-9-15/h5-9,13-14,16-17,24H,10-12H2,1-4H3,(H,20,22)(H,21,23)/t14-,16+,17-/m1/s1. The van der Waals surface area contributed by atoms with Crippen molar-refractivity contribution in [1.29, 1.82) is 0 Å². The summed E-state index contributed by atoms with van der Waals surface area (Å²) < 4.78 is 0. The molecule has 25 heavy (non-hydrogen) atoms. The van der Waals surface area contributed by atoms with E-state index in [4.69, 9.17) is 0 Å². The van der Waals surface area contributed by atoms with Crippen molar-refractivity contribution in [3.05, 3.63) is 35.9 Å². The number of hydrogen-bond donors (Lipinski definition) is 3. The van der Waals surface area contributed by atoms with Crippen LogP contribution in [0.25, 0.3) is 0 Å². The van der Waals surface area contributed by atoms with Crippen molar-refractivity contribution in [3.8, 4) is 0 Å². The van der Waals surface area contributed by atoms with Gasteiger partial charge in [-0.3, -0.25) is 9.59 Å². The molecule has 6 heteroatoms. The number of thioether (sulfide) groups is 1. The smallest absolute Gasteiger partial charge is 0.242 e. The lowest BCUT2D eigenvalue weighted by Gasteiger charge is -2.23. The molecular formula is C19H30N2O2S2. The Labute approximate surface area is 161 Å². The van der Waals surface area contributed by atoms with Crippen molar-refractivity contribution in [2.24, 2.45) is 5.92 Å². The van der Waals surface area contributed by atoms with E-state index in [9.17, 15) is 9.59 Å². The molecule has 2 amide bonds. The van der Waals surface area contributed by atoms with Gasteiger partial charge in [0.25, 0.3) is 0 Å². The third kappa shape index (κ3) is 8.68. The monoisotopic (exact) mass is 382 g/mol. The number of benzene rings is 1. The average Bonchev–Trinajstić information content (AvgIpc) is 2.57. The lowest BCUT2D eigenvalue weighted by atomic mass is 10.0. The molecule has 0 saturated heterocycles. The van der Waals surface area contributed by atoms with Crippen molar-refractivity contribution in [1.82, 2.24) is 10.6 Å². The fourth-order valence-electron chi connectivity index (χ4n) is 2.43. The zero-order valence-corrected chi connectivity index (χ0v) is 17.2. The first-order chi connectivity index (χ1) is 11.8. The van der Waals surface area contributed by atoms with Crippen LogP contribution in [0.3, 0.4) is 0 Å². The highest BCUT2D eigenvalue weighted by molar-refractivity contribution is 8.01. The average molecular weight is 383 g/mol. The summed E-state index contributed by atoms with van der Waals surface area (Å²) >= 11 is 6.01. The summed E-state index contributed by atoms with van der Waals surface area (Å²) in [6, 6.07) is 9.16. The van der Waals surface area contributed by atoms with Crippen molar-refractivity contribution >= 4 is 36.2 Å². The van der Waals surface area contributed by atoms with Gasteiger partial charge in [-0.15, -0.1) is 11.8 Å². The molecule has 1 aromatic rings. The number of amides is 2. The number of rotatable bonds is 10. The van der Waals surface area contributed by atoms with Gasteiger partial charge in [0, 0.05) is 24.5 Å². The second-order valence-corrected chi connectivity index (χ2v) is 8.78. The first-order valence-corrected chi connectivity index (χ1v) is 10.3. The maximum atomic E-state index is 12.8. The lowest BCUT2D eigenvalue weighted by molar-refractivity contribution is -0.128. The van der Waals surface area contributed by atoms with Crippen LogP contribution in [0.15, 0.2) is 30.3 Å². The van der Waals surface area contributed by atoms with E-state index in [0.717, 1.165) is 17.7 Å². The highest BCUT2D eigenvalue weighted by atomic mass is 32.2. The van der Waals surface area contributed by atoms with Gasteiger partial charge in [0.2, 0.25) is 11.8 Å². The molecule has 1 aromatic carbocycles. The van der Waals surface area contributed by atoms with Crippen LogP contribution in [0.5, 0.6) is 0 Å². The Bertz CT molecular complexity index is 535. The van der Waals surface area contributed by atoms with Gasteiger partial charge in [0.1, 0.15) is 6.04 Å². The minimum absolute atomic E-state index is 0.0720. The first-order valence-electron chi connectivity index (χ1n) is 8.69. The van der Waals surface area contributed by atoms with E-state index >= 15 is 0 Å². The van der Waals surface area contributed by atoms with E-state index < -0.39 is 6.04 Å². The molecule has 0 aliphatic rings. The van der Waals surface area contributed by atoms with Gasteiger partial charge >= 0.3 is 0 Å². The Kier molecular flexibility index (Phi) is 10.0. The van der Waals surface area contributed by atoms with Crippen molar-refractivity contribution in [3.63, 3.8) is 0 Å². The largest absolute Gasteiger partial charge is 0.357 e. The van der Waals surface area contributed by atoms with E-state index in [1.165, 1.54) is 0 Å². The maximum Gasteiger partial charge on any atom is 0.242 e. The summed E-state index contributed by atoms with van der Waals surface area (Å²) in [5.74, 6) is 0.966. The Balaban J connectivity index is 2.80. The van der Waals surface area contributed by atoms with Gasteiger partial charge in [-0.25, -0.2) is 0 Å². The molecule has 0 aliphatic heterocycles. The van der Waals surface area contributed by atoms with Crippen LogP contribution >= 0.6 is 24.4 Å². The van der Waals surface area contributed by atoms with Crippen molar-refractivity contribution in [2.75, 3.05) is 12.8 Å². The molecule has 3 atom stereocenters. The van der Waals surface area contributed by atoms with Gasteiger partial charge in [-0.1, -0.05) is 51.1 Å². The Morgan fingerprint density at radius 1 is 1.12 bits per heavy atom. The summed E-state index contributed by atoms with van der Waals surface area (Å²) in [5.41, 5.74) is 1.02. The molecule has 0 bridgehead atoms. The van der Waals surface area contributed by atoms with Crippen LogP contribution < -0.4 is 10.6 Å². The van der Waals surface area contributed by atoms with E-state index in [1.807, 2.05) is 37.3 Å². The third-order valence-corrected chi connectivity index (χ3v) is 5.61. The number of carbonyl (C=O) groups excluding carboxylic acids is 2. The minimum Gasteiger partial charge on any atom is -0.357 e. The maximum absolute atomic E-state index is 12.8. The Hall–Kier alpha value is -1.14. The lowest BCUT2D eigenvalue weighted by Crippen LogP contribution is -2.49. The number of likely N-dealkylation sites (N-methyl/N-ethyl adjacent to an activating group) is 1. The number of thiol groups is 1. The normalized spacial score (nSPS) is 14.6. The van der Waals surface area contributed by atoms with Crippen LogP contribution in [0.2, 0.25) is 0 Å². The zero-order chi connectivity index (χ0) is 18.8. The van der Waals surface area contributed by atoms with Crippen LogP contribution in [-0.2, 0) is 16.0 Å². The summed E-state index contributed by atoms with van der Waals surface area (Å²) in [7, 11) is 1.59. The van der Waals surface area contributed by atoms with Gasteiger partial charge in [0.15, 0.2) is 0 Å². The number of carbonyl (C=O) groups is 2. The van der Waals surface area contributed by atoms with Crippen LogP contribution in [0.1, 0.15) is 32.8 Å². The van der Waals surface area contributed by atoms with E-state index in [-0.39, 0.29) is 22.3 Å². The fraction of sp³-hybridized carbons (Fsp3) is 0.579. The summed E-state index contributed by atoms with van der Waals surface area (Å²) in [5, 5.41) is 5.66. The molecule has 0 radical (unpaired) electrons. The van der Waals surface area contributed by atoms with Crippen molar-refractivity contribution < 1.29 is 9.59 Å². The van der Waals surface area contributed by atoms with E-state index in [1.54, 1.807) is 18.8 Å². The zero-order valence-electron chi connectivity index (χ0n) is 15.5. The molecule has 0 spiro atoms. The highest BCUT2D eigenvalue weighted by Gasteiger charge is 2.26. The minimum atomic E-state index is -0.566. The number of nitrogens with one attached hydrogen (secondary N) is 2. The predicted molar refractivity (Wildman–Crippen MR) is 110 cm³/mol. The number of hydrogen-bond acceptors (Lipinski definition) is 4. The van der Waals surface area contributed by atoms with Gasteiger partial charge in [-0.2, -0.15) is 12.6 Å². The molecule has 2 N–H and O–H groups in total. The second kappa shape index (κ2) is 11.5. The first kappa shape index (κ1) is 21.9. The van der Waals surface area contributed by atoms with Crippen LogP contribution in [0, 0.1) is 5.92 Å². The quantitative estimate of drug-likeness (QED) is 0.545. The van der Waals surface area contributed by atoms with Crippen LogP contribution in [0.4, 0.5) is 0 Å². The topological polar surface area (TPSA) is 58.2 Å². The third-order valence-electron chi connectivity index (χ3n) is 3.68. The summed E-state index contributed by atoms with van der Waals surface area (Å²) in [4.78, 5) is 25.0. The fourth-order valence-corrected chi connectivity index (χ4v) is 3.94. The van der Waals surface area contributed by atoms with Gasteiger partial charge in [0.05, 0.1) is 5.25 Å². The molecular weight excluding hydrogens is 352 g/mol. The van der Waals surface area contributed by atoms with E-state index in [0.29, 0.717) is 12.3 Å². The molecule has 0 aromatic heterocycles. The van der Waals surface area contributed by atoms with Crippen LogP contribution in [-0.4, -0.2) is 41.2 Å². The predicted octanol–water partition coefficient (Wildman–Crippen LogP) is 2.93. The summed E-state index contributed by atoms with van der Waals surface area (Å²) in [6.07, 6.45) is 1.26. The molecule has 0 heterocycles. The molecule has 1 rings (SSSR count). The van der Waals surface area contributed by atoms with Crippen molar-refractivity contribution in [2.45, 2.75) is 50.2 Å². The molecule has 0 saturated carbocycles. The van der Waals surface area contributed by atoms with Gasteiger partial charge in [-0.05, 0) is 17.9 Å². The van der Waals surface area contributed by atoms with Gasteiger partial charge < -0.3 is 10.6 Å². The van der Waals surface area contributed by atoms with E-state index in [2.05, 4.69) is 37.1 Å². The molecule has 0 unspecified atom stereocenters. The SMILES string of the molecule is CNC(=O)[C@H](Cc1ccccc1)NC(=O)[C@@H](CC(C)C)SC[C@@H](C)S. The second-order valence-electron chi connectivity index (χ2n) is 6.67. The highest BCUT2D eigenvalue weighted by Crippen LogP contribution is 2.22. The molecule has 0 fully saturated rings. The summed E-state index contributed by atoms with van der Waals surface area (Å²) in [6.45, 7) is 6.22. The molecule has 4 nitrogen and oxygen atoms in total. The Morgan fingerprint density at radius 2 is 1.76 bits per heavy atom. The molecule has 140 valence electrons. The Morgan fingerprint density at radius 3 is 2.28 bits per heavy atom. The molecule has 0 aliphatic carbocycles.